The molecule has 0 N–H and O–H groups in total. The summed E-state index contributed by atoms with van der Waals surface area (Å²) < 4.78 is 12.3. The largest absolute Gasteiger partial charge is 1.00 e. The fourth-order valence-electron chi connectivity index (χ4n) is 6.73. The predicted octanol–water partition coefficient (Wildman–Crippen LogP) is 9.03. The minimum absolute atomic E-state index is 0. The molecule has 1 fully saturated rings. The molecule has 1 aliphatic rings. The molecule has 1 heterocycles. The number of likely N-dealkylation sites (tertiary alicyclic amines) is 1. The van der Waals surface area contributed by atoms with Crippen LogP contribution in [0.4, 0.5) is 0 Å². The monoisotopic (exact) mass is 720 g/mol. The van der Waals surface area contributed by atoms with Crippen LogP contribution in [-0.4, -0.2) is 56.8 Å². The van der Waals surface area contributed by atoms with Crippen molar-refractivity contribution in [2.24, 2.45) is 11.8 Å². The Bertz CT molecular complexity index is 853. The fourth-order valence-corrected chi connectivity index (χ4v) is 6.73. The Kier molecular flexibility index (Phi) is 33.0. The van der Waals surface area contributed by atoms with Crippen LogP contribution in [0.5, 0.6) is 0 Å². The van der Waals surface area contributed by atoms with Crippen LogP contribution < -0.4 is 12.4 Å². The van der Waals surface area contributed by atoms with Crippen molar-refractivity contribution in [1.82, 2.24) is 0 Å². The van der Waals surface area contributed by atoms with Gasteiger partial charge in [-0.1, -0.05) is 127 Å². The van der Waals surface area contributed by atoms with Gasteiger partial charge in [-0.3, -0.25) is 9.59 Å². The van der Waals surface area contributed by atoms with Crippen molar-refractivity contribution in [3.63, 3.8) is 0 Å². The summed E-state index contributed by atoms with van der Waals surface area (Å²) in [6.45, 7) is 7.27. The maximum absolute atomic E-state index is 12.5. The molecule has 0 aromatic carbocycles. The number of hydrogen-bond acceptors (Lipinski definition) is 4. The van der Waals surface area contributed by atoms with Crippen LogP contribution in [-0.2, 0) is 19.1 Å². The number of carbonyl (C=O) groups is 2. The molecular weight excluding hydrogens is 642 g/mol. The molecule has 0 aromatic rings. The van der Waals surface area contributed by atoms with Gasteiger partial charge in [0, 0.05) is 12.8 Å². The molecule has 0 spiro atoms. The lowest BCUT2D eigenvalue weighted by molar-refractivity contribution is -0.880. The molecule has 2 atom stereocenters. The van der Waals surface area contributed by atoms with Gasteiger partial charge in [0.2, 0.25) is 0 Å². The highest BCUT2D eigenvalue weighted by Gasteiger charge is 2.41. The van der Waals surface area contributed by atoms with Crippen molar-refractivity contribution in [3.8, 4) is 0 Å². The van der Waals surface area contributed by atoms with Crippen LogP contribution in [0.25, 0.3) is 0 Å². The van der Waals surface area contributed by atoms with Gasteiger partial charge in [0.1, 0.15) is 13.2 Å². The highest BCUT2D eigenvalue weighted by atomic mass is 35.5. The number of hydrogen-bond donors (Lipinski definition) is 0. The third kappa shape index (κ3) is 29.8. The first-order valence-electron chi connectivity index (χ1n) is 20.6. The van der Waals surface area contributed by atoms with Crippen molar-refractivity contribution in [2.45, 2.75) is 168 Å². The molecule has 1 rings (SSSR count). The lowest BCUT2D eigenvalue weighted by Crippen LogP contribution is -3.00. The molecule has 0 radical (unpaired) electrons. The second-order valence-corrected chi connectivity index (χ2v) is 15.1. The molecule has 50 heavy (non-hydrogen) atoms. The second-order valence-electron chi connectivity index (χ2n) is 15.1. The molecule has 0 saturated carbocycles. The van der Waals surface area contributed by atoms with Crippen LogP contribution in [0.2, 0.25) is 0 Å². The van der Waals surface area contributed by atoms with Crippen LogP contribution in [0, 0.1) is 11.8 Å². The molecule has 0 bridgehead atoms. The first-order valence-corrected chi connectivity index (χ1v) is 20.6. The van der Waals surface area contributed by atoms with Gasteiger partial charge in [-0.05, 0) is 77.0 Å². The molecule has 0 aliphatic carbocycles. The van der Waals surface area contributed by atoms with Crippen molar-refractivity contribution >= 4 is 11.9 Å². The van der Waals surface area contributed by atoms with Crippen LogP contribution in [0.15, 0.2) is 48.6 Å². The zero-order valence-corrected chi connectivity index (χ0v) is 33.8. The molecule has 0 unspecified atom stereocenters. The minimum atomic E-state index is -0.0834. The molecule has 6 heteroatoms. The first-order chi connectivity index (χ1) is 23.9. The second kappa shape index (κ2) is 34.2. The lowest BCUT2D eigenvalue weighted by Gasteiger charge is -2.23. The SMILES string of the molecule is CCCCC/C=C\C/C=C\CCCCCCCC(=O)OC[C@@H]1C[N+](C)(C)C[C@H]1COC(=O)CCCCCCC/C=C\C/C=C\CCCCC.[Cl-]. The highest BCUT2D eigenvalue weighted by molar-refractivity contribution is 5.69. The van der Waals surface area contributed by atoms with Gasteiger partial charge in [-0.2, -0.15) is 0 Å². The predicted molar refractivity (Wildman–Crippen MR) is 209 cm³/mol. The number of unbranched alkanes of at least 4 members (excludes halogenated alkanes) is 16. The third-order valence-electron chi connectivity index (χ3n) is 9.70. The van der Waals surface area contributed by atoms with E-state index in [4.69, 9.17) is 9.47 Å². The van der Waals surface area contributed by atoms with E-state index in [1.54, 1.807) is 0 Å². The van der Waals surface area contributed by atoms with E-state index in [-0.39, 0.29) is 36.2 Å². The van der Waals surface area contributed by atoms with Gasteiger partial charge in [0.15, 0.2) is 0 Å². The fraction of sp³-hybridized carbons (Fsp3) is 0.773. The number of nitrogens with zero attached hydrogens (tertiary/aromatic N) is 1. The molecule has 1 saturated heterocycles. The molecular formula is C44H78ClNO4. The number of allylic oxidation sites excluding steroid dienone is 8. The summed E-state index contributed by atoms with van der Waals surface area (Å²) >= 11 is 0. The standard InChI is InChI=1S/C44H78NO4.ClH/c1-5-7-9-11-13-15-17-19-21-23-25-27-29-31-33-35-43(46)48-39-41-37-45(3,4)38-42(41)40-49-44(47)36-34-32-30-28-26-24-22-20-18-16-14-12-10-8-6-2;/h13-16,19-22,41-42H,5-12,17-18,23-40H2,1-4H3;1H/q+1;/p-1/b15-13-,16-14-,21-19-,22-20-;/t41-,42-;/m0./s1. The van der Waals surface area contributed by atoms with Crippen molar-refractivity contribution in [2.75, 3.05) is 40.4 Å². The van der Waals surface area contributed by atoms with Gasteiger partial charge in [-0.25, -0.2) is 0 Å². The molecule has 290 valence electrons. The summed E-state index contributed by atoms with van der Waals surface area (Å²) in [6.07, 6.45) is 45.3. The number of halogens is 1. The third-order valence-corrected chi connectivity index (χ3v) is 9.70. The lowest BCUT2D eigenvalue weighted by atomic mass is 9.98. The summed E-state index contributed by atoms with van der Waals surface area (Å²) in [7, 11) is 4.42. The van der Waals surface area contributed by atoms with E-state index in [2.05, 4.69) is 76.6 Å². The summed E-state index contributed by atoms with van der Waals surface area (Å²) in [5, 5.41) is 0. The van der Waals surface area contributed by atoms with E-state index in [0.717, 1.165) is 68.9 Å². The molecule has 1 aliphatic heterocycles. The Morgan fingerprint density at radius 3 is 1.18 bits per heavy atom. The maximum atomic E-state index is 12.5. The van der Waals surface area contributed by atoms with E-state index >= 15 is 0 Å². The normalized spacial score (nSPS) is 17.4. The van der Waals surface area contributed by atoms with Crippen LogP contribution >= 0.6 is 0 Å². The van der Waals surface area contributed by atoms with Gasteiger partial charge in [0.25, 0.3) is 0 Å². The quantitative estimate of drug-likeness (QED) is 0.0302. The average molecular weight is 721 g/mol. The number of quaternary nitrogens is 1. The van der Waals surface area contributed by atoms with Crippen LogP contribution in [0.3, 0.4) is 0 Å². The van der Waals surface area contributed by atoms with E-state index in [1.165, 1.54) is 89.9 Å². The maximum Gasteiger partial charge on any atom is 0.305 e. The van der Waals surface area contributed by atoms with Gasteiger partial charge in [-0.15, -0.1) is 0 Å². The Labute approximate surface area is 315 Å². The Morgan fingerprint density at radius 1 is 0.500 bits per heavy atom. The van der Waals surface area contributed by atoms with E-state index in [0.29, 0.717) is 26.1 Å². The number of carbonyl (C=O) groups excluding carboxylic acids is 2. The van der Waals surface area contributed by atoms with Gasteiger partial charge in [0.05, 0.1) is 39.0 Å². The smallest absolute Gasteiger partial charge is 0.305 e. The minimum Gasteiger partial charge on any atom is -1.00 e. The van der Waals surface area contributed by atoms with E-state index < -0.39 is 0 Å². The van der Waals surface area contributed by atoms with Crippen molar-refractivity contribution < 1.29 is 36.0 Å². The van der Waals surface area contributed by atoms with E-state index in [1.807, 2.05) is 0 Å². The average Bonchev–Trinajstić information content (AvgIpc) is 3.39. The van der Waals surface area contributed by atoms with Crippen molar-refractivity contribution in [3.05, 3.63) is 48.6 Å². The molecule has 5 nitrogen and oxygen atoms in total. The summed E-state index contributed by atoms with van der Waals surface area (Å²) in [5.74, 6) is 0.319. The zero-order valence-electron chi connectivity index (χ0n) is 33.0. The molecule has 0 amide bonds. The number of ether oxygens (including phenoxy) is 2. The summed E-state index contributed by atoms with van der Waals surface area (Å²) in [5.41, 5.74) is 0. The van der Waals surface area contributed by atoms with Crippen LogP contribution in [0.1, 0.15) is 168 Å². The van der Waals surface area contributed by atoms with Gasteiger partial charge >= 0.3 is 11.9 Å². The molecule has 0 aromatic heterocycles. The Balaban J connectivity index is 0.0000240. The zero-order chi connectivity index (χ0) is 35.7. The van der Waals surface area contributed by atoms with Crippen molar-refractivity contribution in [1.29, 1.82) is 0 Å². The number of rotatable bonds is 32. The van der Waals surface area contributed by atoms with Gasteiger partial charge < -0.3 is 26.4 Å². The summed E-state index contributed by atoms with van der Waals surface area (Å²) in [6, 6.07) is 0. The summed E-state index contributed by atoms with van der Waals surface area (Å²) in [4.78, 5) is 24.9. The highest BCUT2D eigenvalue weighted by Crippen LogP contribution is 2.28. The Morgan fingerprint density at radius 2 is 0.820 bits per heavy atom. The Hall–Kier alpha value is -1.85. The first kappa shape index (κ1) is 48.1. The van der Waals surface area contributed by atoms with E-state index in [9.17, 15) is 9.59 Å². The topological polar surface area (TPSA) is 52.6 Å². The number of esters is 2.